The predicted octanol–water partition coefficient (Wildman–Crippen LogP) is 2.77. The number of hydrogen-bond donors (Lipinski definition) is 1. The lowest BCUT2D eigenvalue weighted by molar-refractivity contribution is -0.215. The number of ether oxygens (including phenoxy) is 1. The summed E-state index contributed by atoms with van der Waals surface area (Å²) in [7, 11) is 0. The molecular weight excluding hydrogens is 254 g/mol. The molecule has 0 saturated carbocycles. The number of carbonyl (C=O) groups excluding carboxylic acids is 1. The molecule has 0 spiro atoms. The number of aliphatic hydroxyl groups is 1. The van der Waals surface area contributed by atoms with Gasteiger partial charge in [0.05, 0.1) is 11.6 Å². The number of carbonyl (C=O) groups is 1. The van der Waals surface area contributed by atoms with Gasteiger partial charge in [-0.1, -0.05) is 31.6 Å². The van der Waals surface area contributed by atoms with Gasteiger partial charge in [0, 0.05) is 17.6 Å². The van der Waals surface area contributed by atoms with Crippen LogP contribution in [0.1, 0.15) is 44.2 Å². The van der Waals surface area contributed by atoms with Gasteiger partial charge in [-0.3, -0.25) is 0 Å². The van der Waals surface area contributed by atoms with Crippen molar-refractivity contribution in [2.24, 2.45) is 0 Å². The second-order valence-corrected chi connectivity index (χ2v) is 4.83. The third kappa shape index (κ3) is 2.45. The van der Waals surface area contributed by atoms with Crippen LogP contribution in [0.15, 0.2) is 35.4 Å². The lowest BCUT2D eigenvalue weighted by Gasteiger charge is -2.34. The Kier molecular flexibility index (Phi) is 3.91. The molecule has 1 unspecified atom stereocenters. The lowest BCUT2D eigenvalue weighted by Crippen LogP contribution is -2.37. The van der Waals surface area contributed by atoms with E-state index >= 15 is 0 Å². The molecule has 1 atom stereocenters. The van der Waals surface area contributed by atoms with Crippen molar-refractivity contribution in [3.05, 3.63) is 46.5 Å². The lowest BCUT2D eigenvalue weighted by atomic mass is 9.89. The molecule has 0 aliphatic carbocycles. The maximum Gasteiger partial charge on any atom is 0.336 e. The summed E-state index contributed by atoms with van der Waals surface area (Å²) in [5, 5.41) is 19.4. The minimum atomic E-state index is -1.63. The van der Waals surface area contributed by atoms with Gasteiger partial charge in [0.2, 0.25) is 5.79 Å². The Balaban J connectivity index is 2.39. The first-order chi connectivity index (χ1) is 9.54. The highest BCUT2D eigenvalue weighted by Crippen LogP contribution is 2.38. The minimum Gasteiger partial charge on any atom is -0.425 e. The van der Waals surface area contributed by atoms with E-state index < -0.39 is 11.8 Å². The molecule has 0 saturated heterocycles. The van der Waals surface area contributed by atoms with Crippen molar-refractivity contribution >= 4 is 5.97 Å². The van der Waals surface area contributed by atoms with E-state index in [-0.39, 0.29) is 6.42 Å². The van der Waals surface area contributed by atoms with Crippen molar-refractivity contribution in [3.8, 4) is 6.07 Å². The van der Waals surface area contributed by atoms with E-state index in [4.69, 9.17) is 10.00 Å². The van der Waals surface area contributed by atoms with Gasteiger partial charge in [-0.15, -0.1) is 0 Å². The van der Waals surface area contributed by atoms with Gasteiger partial charge >= 0.3 is 5.97 Å². The molecule has 1 aromatic rings. The van der Waals surface area contributed by atoms with Crippen LogP contribution in [0.25, 0.3) is 0 Å². The molecule has 1 aliphatic heterocycles. The first-order valence-electron chi connectivity index (χ1n) is 6.71. The smallest absolute Gasteiger partial charge is 0.336 e. The zero-order valence-electron chi connectivity index (χ0n) is 11.6. The number of rotatable bonds is 3. The molecule has 4 nitrogen and oxygen atoms in total. The molecule has 1 heterocycles. The monoisotopic (exact) mass is 271 g/mol. The first kappa shape index (κ1) is 14.3. The fraction of sp³-hybridized carbons (Fsp3) is 0.375. The maximum absolute atomic E-state index is 12.0. The van der Waals surface area contributed by atoms with Crippen LogP contribution in [-0.2, 0) is 15.3 Å². The van der Waals surface area contributed by atoms with E-state index in [0.29, 0.717) is 29.5 Å². The fourth-order valence-corrected chi connectivity index (χ4v) is 2.49. The normalized spacial score (nSPS) is 22.4. The topological polar surface area (TPSA) is 70.3 Å². The predicted molar refractivity (Wildman–Crippen MR) is 73.4 cm³/mol. The second-order valence-electron chi connectivity index (χ2n) is 4.83. The Morgan fingerprint density at radius 3 is 2.45 bits per heavy atom. The Bertz CT molecular complexity index is 595. The standard InChI is InChI=1S/C16H17NO3/c1-3-12-9-16(19,20-15(18)14(12)4-2)13-7-5-11(10-17)6-8-13/h5-8,19H,3-4,9H2,1-2H3. The number of cyclic esters (lactones) is 1. The molecule has 0 radical (unpaired) electrons. The van der Waals surface area contributed by atoms with Crippen molar-refractivity contribution in [2.45, 2.75) is 38.9 Å². The first-order valence-corrected chi connectivity index (χ1v) is 6.71. The Labute approximate surface area is 118 Å². The Morgan fingerprint density at radius 2 is 1.95 bits per heavy atom. The molecule has 0 bridgehead atoms. The molecule has 0 fully saturated rings. The summed E-state index contributed by atoms with van der Waals surface area (Å²) in [5.74, 6) is -2.09. The largest absolute Gasteiger partial charge is 0.425 e. The number of nitriles is 1. The summed E-state index contributed by atoms with van der Waals surface area (Å²) in [5.41, 5.74) is 2.58. The SMILES string of the molecule is CCC1=C(CC)C(=O)OC(O)(c2ccc(C#N)cc2)C1. The van der Waals surface area contributed by atoms with Crippen molar-refractivity contribution in [1.82, 2.24) is 0 Å². The highest BCUT2D eigenvalue weighted by molar-refractivity contribution is 5.90. The van der Waals surface area contributed by atoms with Crippen molar-refractivity contribution < 1.29 is 14.6 Å². The highest BCUT2D eigenvalue weighted by atomic mass is 16.7. The van der Waals surface area contributed by atoms with E-state index in [1.807, 2.05) is 19.9 Å². The minimum absolute atomic E-state index is 0.282. The van der Waals surface area contributed by atoms with Crippen molar-refractivity contribution in [3.63, 3.8) is 0 Å². The summed E-state index contributed by atoms with van der Waals surface area (Å²) < 4.78 is 5.24. The van der Waals surface area contributed by atoms with Crippen LogP contribution < -0.4 is 0 Å². The van der Waals surface area contributed by atoms with Crippen LogP contribution >= 0.6 is 0 Å². The van der Waals surface area contributed by atoms with Crippen LogP contribution in [0.5, 0.6) is 0 Å². The molecule has 0 aromatic heterocycles. The summed E-state index contributed by atoms with van der Waals surface area (Å²) in [6.45, 7) is 3.86. The van der Waals surface area contributed by atoms with Gasteiger partial charge in [-0.2, -0.15) is 5.26 Å². The van der Waals surface area contributed by atoms with Crippen LogP contribution in [-0.4, -0.2) is 11.1 Å². The van der Waals surface area contributed by atoms with E-state index in [9.17, 15) is 9.90 Å². The molecule has 2 rings (SSSR count). The zero-order chi connectivity index (χ0) is 14.8. The average Bonchev–Trinajstić information content (AvgIpc) is 2.46. The molecule has 1 aliphatic rings. The van der Waals surface area contributed by atoms with Gasteiger partial charge < -0.3 is 9.84 Å². The zero-order valence-corrected chi connectivity index (χ0v) is 11.6. The van der Waals surface area contributed by atoms with Gasteiger partial charge in [0.1, 0.15) is 0 Å². The van der Waals surface area contributed by atoms with Crippen molar-refractivity contribution in [1.29, 1.82) is 5.26 Å². The number of nitrogens with zero attached hydrogens (tertiary/aromatic N) is 1. The molecule has 20 heavy (non-hydrogen) atoms. The second kappa shape index (κ2) is 5.48. The fourth-order valence-electron chi connectivity index (χ4n) is 2.49. The van der Waals surface area contributed by atoms with Crippen LogP contribution in [0.4, 0.5) is 0 Å². The molecular formula is C16H17NO3. The molecule has 104 valence electrons. The van der Waals surface area contributed by atoms with Crippen LogP contribution in [0.3, 0.4) is 0 Å². The van der Waals surface area contributed by atoms with Gasteiger partial charge in [0.25, 0.3) is 0 Å². The van der Waals surface area contributed by atoms with Crippen LogP contribution in [0.2, 0.25) is 0 Å². The molecule has 4 heteroatoms. The molecule has 0 amide bonds. The van der Waals surface area contributed by atoms with Crippen molar-refractivity contribution in [2.75, 3.05) is 0 Å². The third-order valence-corrected chi connectivity index (χ3v) is 3.63. The van der Waals surface area contributed by atoms with Gasteiger partial charge in [-0.25, -0.2) is 4.79 Å². The van der Waals surface area contributed by atoms with E-state index in [2.05, 4.69) is 0 Å². The maximum atomic E-state index is 12.0. The van der Waals surface area contributed by atoms with Crippen LogP contribution in [0, 0.1) is 11.3 Å². The van der Waals surface area contributed by atoms with E-state index in [0.717, 1.165) is 5.57 Å². The average molecular weight is 271 g/mol. The number of benzene rings is 1. The van der Waals surface area contributed by atoms with Gasteiger partial charge in [0.15, 0.2) is 0 Å². The number of esters is 1. The quantitative estimate of drug-likeness (QED) is 0.858. The third-order valence-electron chi connectivity index (χ3n) is 3.63. The highest BCUT2D eigenvalue weighted by Gasteiger charge is 2.40. The van der Waals surface area contributed by atoms with E-state index in [1.54, 1.807) is 24.3 Å². The molecule has 1 aromatic carbocycles. The summed E-state index contributed by atoms with van der Waals surface area (Å²) in [6, 6.07) is 8.46. The summed E-state index contributed by atoms with van der Waals surface area (Å²) in [4.78, 5) is 12.0. The Morgan fingerprint density at radius 1 is 1.30 bits per heavy atom. The Hall–Kier alpha value is -2.12. The van der Waals surface area contributed by atoms with Gasteiger partial charge in [-0.05, 0) is 25.0 Å². The van der Waals surface area contributed by atoms with E-state index in [1.165, 1.54) is 0 Å². The molecule has 1 N–H and O–H groups in total. The number of hydrogen-bond acceptors (Lipinski definition) is 4. The summed E-state index contributed by atoms with van der Waals surface area (Å²) in [6.07, 6.45) is 1.59. The summed E-state index contributed by atoms with van der Waals surface area (Å²) >= 11 is 0.